The number of aliphatic hydroxyl groups is 3. The molecule has 1 saturated carbocycles. The second kappa shape index (κ2) is 3.59. The average Bonchev–Trinajstić information content (AvgIpc) is 3.15. The summed E-state index contributed by atoms with van der Waals surface area (Å²) in [4.78, 5) is 0. The predicted octanol–water partition coefficient (Wildman–Crippen LogP) is -0.407. The number of rotatable bonds is 1. The Balaban J connectivity index is 1.84. The van der Waals surface area contributed by atoms with Crippen LogP contribution in [0.25, 0.3) is 0 Å². The Kier molecular flexibility index (Phi) is 2.33. The lowest BCUT2D eigenvalue weighted by molar-refractivity contribution is -0.186. The van der Waals surface area contributed by atoms with Crippen molar-refractivity contribution in [1.82, 2.24) is 0 Å². The van der Waals surface area contributed by atoms with Gasteiger partial charge in [0.1, 0.15) is 17.8 Å². The van der Waals surface area contributed by atoms with Crippen LogP contribution in [0.2, 0.25) is 0 Å². The Labute approximate surface area is 111 Å². The smallest absolute Gasteiger partial charge is 0.126 e. The van der Waals surface area contributed by atoms with E-state index in [0.717, 1.165) is 12.8 Å². The van der Waals surface area contributed by atoms with Gasteiger partial charge in [-0.3, -0.25) is 0 Å². The van der Waals surface area contributed by atoms with Crippen LogP contribution in [-0.4, -0.2) is 58.6 Å². The zero-order valence-electron chi connectivity index (χ0n) is 11.0. The summed E-state index contributed by atoms with van der Waals surface area (Å²) in [6.07, 6.45) is 1.19. The Morgan fingerprint density at radius 1 is 1.37 bits per heavy atom. The molecule has 1 spiro atoms. The molecule has 3 N–H and O–H groups in total. The van der Waals surface area contributed by atoms with Gasteiger partial charge in [-0.15, -0.1) is 0 Å². The summed E-state index contributed by atoms with van der Waals surface area (Å²) in [6, 6.07) is 0. The Hall–Kier alpha value is -0.460. The lowest BCUT2D eigenvalue weighted by Crippen LogP contribution is -2.59. The largest absolute Gasteiger partial charge is 0.396 e. The van der Waals surface area contributed by atoms with Crippen LogP contribution in [0.15, 0.2) is 11.6 Å². The van der Waals surface area contributed by atoms with Crippen LogP contribution in [0.3, 0.4) is 0 Å². The molecule has 0 radical (unpaired) electrons. The van der Waals surface area contributed by atoms with Crippen molar-refractivity contribution in [2.24, 2.45) is 11.3 Å². The minimum absolute atomic E-state index is 0.0479. The first kappa shape index (κ1) is 12.3. The molecule has 6 unspecified atom stereocenters. The monoisotopic (exact) mass is 268 g/mol. The summed E-state index contributed by atoms with van der Waals surface area (Å²) in [5.74, 6) is -0.243. The number of hydrogen-bond acceptors (Lipinski definition) is 5. The standard InChI is InChI=1S/C14H20O5/c1-7-2-3-13(5-15)8(4-7)19-12-10(17)9(16)11(13)14(12)6-18-14/h4,8-12,15-17H,2-3,5-6H2,1H3/t8?,9?,10-,11?,12?,13?,14?/m1/s1. The molecule has 5 heteroatoms. The lowest BCUT2D eigenvalue weighted by Gasteiger charge is -2.51. The van der Waals surface area contributed by atoms with Crippen molar-refractivity contribution in [2.75, 3.05) is 13.2 Å². The molecular formula is C14H20O5. The number of aliphatic hydroxyl groups excluding tert-OH is 3. The molecule has 3 fully saturated rings. The molecule has 4 rings (SSSR count). The van der Waals surface area contributed by atoms with Crippen LogP contribution in [-0.2, 0) is 9.47 Å². The molecule has 0 amide bonds. The molecule has 19 heavy (non-hydrogen) atoms. The SMILES string of the molecule is CC1=CC2OC3[C@H](O)C(O)C(C2(CO)CC1)C31CO1. The van der Waals surface area contributed by atoms with Gasteiger partial charge in [-0.05, 0) is 19.8 Å². The highest BCUT2D eigenvalue weighted by atomic mass is 16.6. The Bertz CT molecular complexity index is 443. The third-order valence-corrected chi connectivity index (χ3v) is 5.68. The fourth-order valence-corrected chi connectivity index (χ4v) is 4.59. The first-order valence-electron chi connectivity index (χ1n) is 6.99. The summed E-state index contributed by atoms with van der Waals surface area (Å²) in [6.45, 7) is 2.51. The molecular weight excluding hydrogens is 248 g/mol. The van der Waals surface area contributed by atoms with Gasteiger partial charge in [0, 0.05) is 11.3 Å². The fraction of sp³-hybridized carbons (Fsp3) is 0.857. The summed E-state index contributed by atoms with van der Waals surface area (Å²) in [7, 11) is 0. The van der Waals surface area contributed by atoms with Crippen molar-refractivity contribution < 1.29 is 24.8 Å². The molecule has 4 aliphatic rings. The van der Waals surface area contributed by atoms with Gasteiger partial charge < -0.3 is 24.8 Å². The van der Waals surface area contributed by atoms with E-state index in [1.807, 2.05) is 6.08 Å². The zero-order chi connectivity index (χ0) is 13.4. The average molecular weight is 268 g/mol. The van der Waals surface area contributed by atoms with E-state index >= 15 is 0 Å². The highest BCUT2D eigenvalue weighted by Gasteiger charge is 2.78. The maximum atomic E-state index is 10.4. The Morgan fingerprint density at radius 3 is 2.74 bits per heavy atom. The second-order valence-corrected chi connectivity index (χ2v) is 6.58. The van der Waals surface area contributed by atoms with E-state index in [4.69, 9.17) is 9.47 Å². The number of allylic oxidation sites excluding steroid dienone is 1. The predicted molar refractivity (Wildman–Crippen MR) is 65.4 cm³/mol. The number of ether oxygens (including phenoxy) is 2. The molecule has 0 aromatic heterocycles. The molecule has 2 bridgehead atoms. The van der Waals surface area contributed by atoms with Crippen molar-refractivity contribution >= 4 is 0 Å². The van der Waals surface area contributed by atoms with Crippen LogP contribution in [0.4, 0.5) is 0 Å². The first-order chi connectivity index (χ1) is 9.05. The molecule has 106 valence electrons. The Morgan fingerprint density at radius 2 is 2.11 bits per heavy atom. The van der Waals surface area contributed by atoms with Crippen LogP contribution in [0, 0.1) is 11.3 Å². The van der Waals surface area contributed by atoms with Crippen LogP contribution < -0.4 is 0 Å². The number of hydrogen-bond donors (Lipinski definition) is 3. The highest BCUT2D eigenvalue weighted by Crippen LogP contribution is 2.64. The number of fused-ring (bicyclic) bond motifs is 2. The molecule has 0 aromatic carbocycles. The third-order valence-electron chi connectivity index (χ3n) is 5.68. The van der Waals surface area contributed by atoms with E-state index in [2.05, 4.69) is 6.92 Å². The van der Waals surface area contributed by atoms with Gasteiger partial charge in [0.25, 0.3) is 0 Å². The molecule has 0 aromatic rings. The highest BCUT2D eigenvalue weighted by molar-refractivity contribution is 5.29. The van der Waals surface area contributed by atoms with E-state index in [1.165, 1.54) is 5.57 Å². The van der Waals surface area contributed by atoms with Crippen LogP contribution in [0.1, 0.15) is 19.8 Å². The second-order valence-electron chi connectivity index (χ2n) is 6.58. The van der Waals surface area contributed by atoms with E-state index in [1.54, 1.807) is 0 Å². The van der Waals surface area contributed by atoms with Crippen molar-refractivity contribution in [1.29, 1.82) is 0 Å². The maximum absolute atomic E-state index is 10.4. The van der Waals surface area contributed by atoms with Crippen molar-refractivity contribution in [3.8, 4) is 0 Å². The third kappa shape index (κ3) is 1.28. The summed E-state index contributed by atoms with van der Waals surface area (Å²) < 4.78 is 11.6. The zero-order valence-corrected chi connectivity index (χ0v) is 11.0. The van der Waals surface area contributed by atoms with Gasteiger partial charge in [0.2, 0.25) is 0 Å². The van der Waals surface area contributed by atoms with E-state index < -0.39 is 29.3 Å². The minimum Gasteiger partial charge on any atom is -0.396 e. The van der Waals surface area contributed by atoms with Gasteiger partial charge >= 0.3 is 0 Å². The fourth-order valence-electron chi connectivity index (χ4n) is 4.59. The van der Waals surface area contributed by atoms with Gasteiger partial charge in [-0.25, -0.2) is 0 Å². The summed E-state index contributed by atoms with van der Waals surface area (Å²) >= 11 is 0. The normalized spacial score (nSPS) is 58.9. The van der Waals surface area contributed by atoms with Gasteiger partial charge in [-0.2, -0.15) is 0 Å². The summed E-state index contributed by atoms with van der Waals surface area (Å²) in [5, 5.41) is 30.6. The molecule has 2 aliphatic carbocycles. The van der Waals surface area contributed by atoms with E-state index in [0.29, 0.717) is 6.61 Å². The maximum Gasteiger partial charge on any atom is 0.126 e. The molecule has 2 heterocycles. The lowest BCUT2D eigenvalue weighted by atomic mass is 9.60. The van der Waals surface area contributed by atoms with Gasteiger partial charge in [0.15, 0.2) is 0 Å². The van der Waals surface area contributed by atoms with Gasteiger partial charge in [0.05, 0.1) is 25.4 Å². The summed E-state index contributed by atoms with van der Waals surface area (Å²) in [5.41, 5.74) is 0.144. The van der Waals surface area contributed by atoms with Crippen LogP contribution >= 0.6 is 0 Å². The van der Waals surface area contributed by atoms with E-state index in [-0.39, 0.29) is 18.6 Å². The molecule has 2 aliphatic heterocycles. The van der Waals surface area contributed by atoms with Crippen LogP contribution in [0.5, 0.6) is 0 Å². The van der Waals surface area contributed by atoms with Crippen molar-refractivity contribution in [3.63, 3.8) is 0 Å². The number of epoxide rings is 1. The van der Waals surface area contributed by atoms with Crippen molar-refractivity contribution in [3.05, 3.63) is 11.6 Å². The first-order valence-corrected chi connectivity index (χ1v) is 6.99. The van der Waals surface area contributed by atoms with E-state index in [9.17, 15) is 15.3 Å². The molecule has 7 atom stereocenters. The topological polar surface area (TPSA) is 82.5 Å². The quantitative estimate of drug-likeness (QED) is 0.445. The molecule has 5 nitrogen and oxygen atoms in total. The minimum atomic E-state index is -0.921. The molecule has 2 saturated heterocycles. The van der Waals surface area contributed by atoms with Crippen molar-refractivity contribution in [2.45, 2.75) is 49.8 Å². The van der Waals surface area contributed by atoms with Gasteiger partial charge in [-0.1, -0.05) is 11.6 Å².